The van der Waals surface area contributed by atoms with E-state index < -0.39 is 16.0 Å². The fourth-order valence-electron chi connectivity index (χ4n) is 2.56. The van der Waals surface area contributed by atoms with Crippen molar-refractivity contribution in [1.29, 1.82) is 0 Å². The van der Waals surface area contributed by atoms with Crippen LogP contribution in [0.5, 0.6) is 0 Å². The van der Waals surface area contributed by atoms with Crippen LogP contribution in [0, 0.1) is 0 Å². The number of nitrogens with one attached hydrogen (secondary N) is 2. The van der Waals surface area contributed by atoms with Crippen molar-refractivity contribution in [3.63, 3.8) is 0 Å². The highest BCUT2D eigenvalue weighted by Gasteiger charge is 2.21. The van der Waals surface area contributed by atoms with Crippen LogP contribution in [0.2, 0.25) is 5.02 Å². The third-order valence-corrected chi connectivity index (χ3v) is 5.67. The fraction of sp³-hybridized carbons (Fsp3) is 0.100. The Hall–Kier alpha value is -3.10. The summed E-state index contributed by atoms with van der Waals surface area (Å²) >= 11 is 5.85. The van der Waals surface area contributed by atoms with E-state index in [0.29, 0.717) is 22.9 Å². The first-order chi connectivity index (χ1) is 13.9. The molecule has 3 aromatic rings. The van der Waals surface area contributed by atoms with Gasteiger partial charge in [-0.25, -0.2) is 13.2 Å². The molecule has 1 aromatic heterocycles. The lowest BCUT2D eigenvalue weighted by atomic mass is 10.2. The second-order valence-electron chi connectivity index (χ2n) is 6.03. The number of carbonyl (C=O) groups excluding carboxylic acids is 1. The summed E-state index contributed by atoms with van der Waals surface area (Å²) in [6, 6.07) is 14.2. The summed E-state index contributed by atoms with van der Waals surface area (Å²) in [4.78, 5) is 15.9. The van der Waals surface area contributed by atoms with Gasteiger partial charge < -0.3 is 10.1 Å². The molecule has 0 bridgehead atoms. The number of halogens is 1. The number of esters is 1. The van der Waals surface area contributed by atoms with E-state index in [9.17, 15) is 13.2 Å². The van der Waals surface area contributed by atoms with E-state index in [1.807, 2.05) is 6.07 Å². The van der Waals surface area contributed by atoms with Crippen molar-refractivity contribution in [2.24, 2.45) is 0 Å². The molecule has 7 nitrogen and oxygen atoms in total. The van der Waals surface area contributed by atoms with Crippen molar-refractivity contribution in [3.05, 3.63) is 83.1 Å². The Morgan fingerprint density at radius 3 is 2.55 bits per heavy atom. The van der Waals surface area contributed by atoms with Crippen molar-refractivity contribution >= 4 is 39.0 Å². The first kappa shape index (κ1) is 20.6. The molecule has 2 N–H and O–H groups in total. The van der Waals surface area contributed by atoms with Gasteiger partial charge in [0.15, 0.2) is 0 Å². The zero-order valence-corrected chi connectivity index (χ0v) is 17.0. The topological polar surface area (TPSA) is 97.4 Å². The molecule has 1 heterocycles. The Labute approximate surface area is 173 Å². The number of hydrogen-bond acceptors (Lipinski definition) is 6. The second-order valence-corrected chi connectivity index (χ2v) is 8.12. The van der Waals surface area contributed by atoms with Crippen LogP contribution in [0.3, 0.4) is 0 Å². The van der Waals surface area contributed by atoms with Crippen molar-refractivity contribution in [3.8, 4) is 0 Å². The predicted octanol–water partition coefficient (Wildman–Crippen LogP) is 3.93. The van der Waals surface area contributed by atoms with Crippen LogP contribution in [-0.4, -0.2) is 26.5 Å². The zero-order valence-electron chi connectivity index (χ0n) is 15.4. The van der Waals surface area contributed by atoms with E-state index in [1.54, 1.807) is 42.7 Å². The average Bonchev–Trinajstić information content (AvgIpc) is 2.74. The molecule has 150 valence electrons. The molecule has 0 unspecified atom stereocenters. The summed E-state index contributed by atoms with van der Waals surface area (Å²) in [5, 5.41) is 3.57. The number of carbonyl (C=O) groups is 1. The fourth-order valence-corrected chi connectivity index (χ4v) is 3.96. The summed E-state index contributed by atoms with van der Waals surface area (Å²) < 4.78 is 33.3. The molecule has 9 heteroatoms. The Balaban J connectivity index is 1.95. The molecule has 0 amide bonds. The SMILES string of the molecule is COC(=O)c1ccc(NCc2cccnc2)c(S(=O)(=O)Nc2ccc(Cl)cc2)c1. The zero-order chi connectivity index (χ0) is 20.9. The summed E-state index contributed by atoms with van der Waals surface area (Å²) in [5.41, 5.74) is 1.67. The van der Waals surface area contributed by atoms with Gasteiger partial charge in [0, 0.05) is 29.6 Å². The maximum Gasteiger partial charge on any atom is 0.337 e. The number of pyridine rings is 1. The number of hydrogen-bond donors (Lipinski definition) is 2. The van der Waals surface area contributed by atoms with Crippen molar-refractivity contribution in [2.75, 3.05) is 17.1 Å². The van der Waals surface area contributed by atoms with Gasteiger partial charge >= 0.3 is 5.97 Å². The molecule has 3 rings (SSSR count). The molecule has 0 saturated heterocycles. The molecule has 0 fully saturated rings. The standard InChI is InChI=1S/C20H18ClN3O4S/c1-28-20(25)15-4-9-18(23-13-14-3-2-10-22-12-14)19(11-15)29(26,27)24-17-7-5-16(21)6-8-17/h2-12,23-24H,13H2,1H3. The Kier molecular flexibility index (Phi) is 6.36. The summed E-state index contributed by atoms with van der Waals surface area (Å²) in [6.07, 6.45) is 3.33. The van der Waals surface area contributed by atoms with Crippen LogP contribution in [-0.2, 0) is 21.3 Å². The van der Waals surface area contributed by atoms with Gasteiger partial charge in [-0.3, -0.25) is 9.71 Å². The van der Waals surface area contributed by atoms with Crippen LogP contribution in [0.1, 0.15) is 15.9 Å². The number of methoxy groups -OCH3 is 1. The van der Waals surface area contributed by atoms with Crippen LogP contribution in [0.15, 0.2) is 71.9 Å². The Morgan fingerprint density at radius 2 is 1.90 bits per heavy atom. The average molecular weight is 432 g/mol. The van der Waals surface area contributed by atoms with Crippen molar-refractivity contribution < 1.29 is 17.9 Å². The molecular formula is C20H18ClN3O4S. The molecule has 0 atom stereocenters. The van der Waals surface area contributed by atoms with Crippen LogP contribution in [0.25, 0.3) is 0 Å². The maximum absolute atomic E-state index is 13.0. The van der Waals surface area contributed by atoms with E-state index >= 15 is 0 Å². The minimum absolute atomic E-state index is 0.0840. The highest BCUT2D eigenvalue weighted by Crippen LogP contribution is 2.27. The molecule has 0 spiro atoms. The number of aromatic nitrogens is 1. The van der Waals surface area contributed by atoms with E-state index in [2.05, 4.69) is 15.0 Å². The first-order valence-electron chi connectivity index (χ1n) is 8.52. The second kappa shape index (κ2) is 8.93. The van der Waals surface area contributed by atoms with Gasteiger partial charge in [-0.1, -0.05) is 17.7 Å². The summed E-state index contributed by atoms with van der Waals surface area (Å²) in [7, 11) is -2.77. The highest BCUT2D eigenvalue weighted by atomic mass is 35.5. The predicted molar refractivity (Wildman–Crippen MR) is 112 cm³/mol. The number of anilines is 2. The molecule has 0 aliphatic rings. The molecule has 2 aromatic carbocycles. The van der Waals surface area contributed by atoms with Crippen molar-refractivity contribution in [2.45, 2.75) is 11.4 Å². The molecule has 0 saturated carbocycles. The largest absolute Gasteiger partial charge is 0.465 e. The minimum Gasteiger partial charge on any atom is -0.465 e. The summed E-state index contributed by atoms with van der Waals surface area (Å²) in [5.74, 6) is -0.633. The monoisotopic (exact) mass is 431 g/mol. The normalized spacial score (nSPS) is 11.0. The Morgan fingerprint density at radius 1 is 1.14 bits per heavy atom. The third kappa shape index (κ3) is 5.24. The van der Waals surface area contributed by atoms with Crippen LogP contribution < -0.4 is 10.0 Å². The number of ether oxygens (including phenoxy) is 1. The quantitative estimate of drug-likeness (QED) is 0.550. The van der Waals surface area contributed by atoms with Gasteiger partial charge in [-0.2, -0.15) is 0 Å². The number of rotatable bonds is 7. The minimum atomic E-state index is -4.00. The van der Waals surface area contributed by atoms with Gasteiger partial charge in [0.25, 0.3) is 10.0 Å². The van der Waals surface area contributed by atoms with Crippen LogP contribution >= 0.6 is 11.6 Å². The van der Waals surface area contributed by atoms with E-state index in [-0.39, 0.29) is 10.5 Å². The van der Waals surface area contributed by atoms with Gasteiger partial charge in [0.05, 0.1) is 18.4 Å². The lowest BCUT2D eigenvalue weighted by Gasteiger charge is -2.15. The number of sulfonamides is 1. The number of benzene rings is 2. The lowest BCUT2D eigenvalue weighted by Crippen LogP contribution is -2.16. The Bertz CT molecular complexity index is 1100. The van der Waals surface area contributed by atoms with Gasteiger partial charge in [0.2, 0.25) is 0 Å². The lowest BCUT2D eigenvalue weighted by molar-refractivity contribution is 0.0600. The molecule has 29 heavy (non-hydrogen) atoms. The third-order valence-electron chi connectivity index (χ3n) is 3.99. The number of nitrogens with zero attached hydrogens (tertiary/aromatic N) is 1. The van der Waals surface area contributed by atoms with Crippen molar-refractivity contribution in [1.82, 2.24) is 4.98 Å². The van der Waals surface area contributed by atoms with Gasteiger partial charge in [-0.05, 0) is 54.1 Å². The molecule has 0 radical (unpaired) electrons. The molecular weight excluding hydrogens is 414 g/mol. The maximum atomic E-state index is 13.0. The summed E-state index contributed by atoms with van der Waals surface area (Å²) in [6.45, 7) is 0.356. The first-order valence-corrected chi connectivity index (χ1v) is 10.4. The van der Waals surface area contributed by atoms with Crippen LogP contribution in [0.4, 0.5) is 11.4 Å². The van der Waals surface area contributed by atoms with Gasteiger partial charge in [0.1, 0.15) is 4.90 Å². The molecule has 0 aliphatic carbocycles. The highest BCUT2D eigenvalue weighted by molar-refractivity contribution is 7.92. The molecule has 0 aliphatic heterocycles. The van der Waals surface area contributed by atoms with E-state index in [1.165, 1.54) is 25.3 Å². The van der Waals surface area contributed by atoms with E-state index in [4.69, 9.17) is 16.3 Å². The van der Waals surface area contributed by atoms with E-state index in [0.717, 1.165) is 5.56 Å². The van der Waals surface area contributed by atoms with Gasteiger partial charge in [-0.15, -0.1) is 0 Å². The smallest absolute Gasteiger partial charge is 0.337 e.